The maximum Gasteiger partial charge on any atom is 0.0546 e. The van der Waals surface area contributed by atoms with E-state index in [-0.39, 0.29) is 0 Å². The maximum absolute atomic E-state index is 7.12. The van der Waals surface area contributed by atoms with Crippen molar-refractivity contribution < 1.29 is 0 Å². The zero-order chi connectivity index (χ0) is 5.98. The van der Waals surface area contributed by atoms with Gasteiger partial charge in [0.05, 0.1) is 5.69 Å². The molecule has 1 unspecified atom stereocenters. The predicted octanol–water partition coefficient (Wildman–Crippen LogP) is 1.10. The van der Waals surface area contributed by atoms with Gasteiger partial charge in [0.1, 0.15) is 0 Å². The summed E-state index contributed by atoms with van der Waals surface area (Å²) in [6.07, 6.45) is 0. The zero-order valence-electron chi connectivity index (χ0n) is 4.39. The summed E-state index contributed by atoms with van der Waals surface area (Å²) in [6.45, 7) is 0. The van der Waals surface area contributed by atoms with Crippen molar-refractivity contribution in [2.45, 2.75) is 0 Å². The van der Waals surface area contributed by atoms with Crippen molar-refractivity contribution in [3.63, 3.8) is 0 Å². The highest BCUT2D eigenvalue weighted by Crippen LogP contribution is 2.00. The van der Waals surface area contributed by atoms with Crippen molar-refractivity contribution in [2.75, 3.05) is 0 Å². The fourth-order valence-electron chi connectivity index (χ4n) is 0.539. The van der Waals surface area contributed by atoms with Crippen LogP contribution in [-0.4, -0.2) is 0 Å². The summed E-state index contributed by atoms with van der Waals surface area (Å²) < 4.78 is 0. The monoisotopic (exact) mass is 124 g/mol. The predicted molar refractivity (Wildman–Crippen MR) is 38.5 cm³/mol. The highest BCUT2D eigenvalue weighted by atomic mass is 31.0. The minimum atomic E-state index is 0.567. The number of benzene rings is 1. The maximum atomic E-state index is 7.12. The lowest BCUT2D eigenvalue weighted by molar-refractivity contribution is 1.50. The van der Waals surface area contributed by atoms with Crippen LogP contribution >= 0.6 is 9.24 Å². The van der Waals surface area contributed by atoms with Gasteiger partial charge in [-0.25, -0.2) is 0 Å². The van der Waals surface area contributed by atoms with Crippen LogP contribution in [0, 0.1) is 0 Å². The molecule has 0 bridgehead atoms. The molecule has 41 valence electrons. The van der Waals surface area contributed by atoms with E-state index in [1.54, 1.807) is 12.1 Å². The van der Waals surface area contributed by atoms with Gasteiger partial charge in [0.2, 0.25) is 0 Å². The van der Waals surface area contributed by atoms with E-state index in [2.05, 4.69) is 9.24 Å². The van der Waals surface area contributed by atoms with Crippen molar-refractivity contribution in [3.05, 3.63) is 24.3 Å². The molecule has 0 heterocycles. The van der Waals surface area contributed by atoms with Crippen molar-refractivity contribution in [1.29, 1.82) is 0 Å². The average Bonchev–Trinajstić information content (AvgIpc) is 1.64. The van der Waals surface area contributed by atoms with Gasteiger partial charge in [0, 0.05) is 0 Å². The van der Waals surface area contributed by atoms with Crippen LogP contribution in [0.5, 0.6) is 0 Å². The summed E-state index contributed by atoms with van der Waals surface area (Å²) in [6, 6.07) is 7.37. The van der Waals surface area contributed by atoms with Crippen molar-refractivity contribution in [3.8, 4) is 0 Å². The Morgan fingerprint density at radius 1 is 1.38 bits per heavy atom. The third kappa shape index (κ3) is 1.21. The average molecular weight is 124 g/mol. The first-order valence-electron chi connectivity index (χ1n) is 2.36. The number of hydrogen-bond donors (Lipinski definition) is 0. The van der Waals surface area contributed by atoms with Crippen molar-refractivity contribution >= 4 is 20.2 Å². The lowest BCUT2D eigenvalue weighted by Gasteiger charge is -1.89. The third-order valence-electron chi connectivity index (χ3n) is 0.887. The fourth-order valence-corrected chi connectivity index (χ4v) is 0.829. The number of nitrogens with one attached hydrogen (secondary N) is 1. The van der Waals surface area contributed by atoms with Crippen LogP contribution in [0.2, 0.25) is 0 Å². The van der Waals surface area contributed by atoms with Gasteiger partial charge in [-0.05, 0) is 17.4 Å². The molecule has 1 aromatic rings. The highest BCUT2D eigenvalue weighted by molar-refractivity contribution is 7.27. The van der Waals surface area contributed by atoms with E-state index in [1.165, 1.54) is 0 Å². The molecule has 1 aromatic carbocycles. The summed E-state index contributed by atoms with van der Waals surface area (Å²) in [5, 5.41) is 1.07. The first-order chi connectivity index (χ1) is 3.79. The van der Waals surface area contributed by atoms with Gasteiger partial charge >= 0.3 is 0 Å². The Hall–Kier alpha value is -0.550. The van der Waals surface area contributed by atoms with Crippen LogP contribution in [-0.2, 0) is 0 Å². The molecule has 0 aliphatic carbocycles. The van der Waals surface area contributed by atoms with Gasteiger partial charge in [0.25, 0.3) is 0 Å². The molecule has 1 nitrogen and oxygen atoms in total. The second kappa shape index (κ2) is 2.15. The van der Waals surface area contributed by atoms with Gasteiger partial charge in [0.15, 0.2) is 0 Å². The normalized spacial score (nSPS) is 9.12. The third-order valence-corrected chi connectivity index (χ3v) is 1.25. The Kier molecular flexibility index (Phi) is 1.50. The Bertz CT molecular complexity index is 168. The molecule has 0 aliphatic rings. The molecule has 1 rings (SSSR count). The minimum Gasteiger partial charge on any atom is -0.301 e. The molecule has 8 heavy (non-hydrogen) atoms. The Labute approximate surface area is 51.1 Å². The Balaban J connectivity index is 3.08. The van der Waals surface area contributed by atoms with E-state index in [1.807, 2.05) is 12.1 Å². The Morgan fingerprint density at radius 2 is 2.12 bits per heavy atom. The fraction of sp³-hybridized carbons (Fsp3) is 0. The molecule has 1 radical (unpaired) electrons. The lowest BCUT2D eigenvalue weighted by Crippen LogP contribution is -1.85. The van der Waals surface area contributed by atoms with E-state index in [0.717, 1.165) is 5.30 Å². The van der Waals surface area contributed by atoms with E-state index >= 15 is 0 Å². The second-order valence-corrected chi connectivity index (χ2v) is 2.29. The molecule has 0 aliphatic heterocycles. The van der Waals surface area contributed by atoms with Crippen LogP contribution < -0.4 is 11.0 Å². The molecular weight excluding hydrogens is 117 g/mol. The molecule has 1 N–H and O–H groups in total. The van der Waals surface area contributed by atoms with Gasteiger partial charge in [-0.15, -0.1) is 9.24 Å². The molecule has 0 amide bonds. The molecule has 0 aromatic heterocycles. The standard InChI is InChI=1S/C6H7NP/c7-5-2-1-3-6(8)4-5/h1-4,7H,8H2. The van der Waals surface area contributed by atoms with Crippen LogP contribution in [0.3, 0.4) is 0 Å². The topological polar surface area (TPSA) is 23.8 Å². The van der Waals surface area contributed by atoms with Crippen LogP contribution in [0.1, 0.15) is 0 Å². The van der Waals surface area contributed by atoms with Gasteiger partial charge in [-0.3, -0.25) is 0 Å². The van der Waals surface area contributed by atoms with Crippen molar-refractivity contribution in [2.24, 2.45) is 0 Å². The van der Waals surface area contributed by atoms with E-state index in [4.69, 9.17) is 5.73 Å². The Morgan fingerprint density at radius 3 is 2.50 bits per heavy atom. The second-order valence-electron chi connectivity index (χ2n) is 1.63. The van der Waals surface area contributed by atoms with E-state index in [0.29, 0.717) is 5.69 Å². The summed E-state index contributed by atoms with van der Waals surface area (Å²) in [4.78, 5) is 0. The molecular formula is C6H7NP. The quantitative estimate of drug-likeness (QED) is 0.462. The summed E-state index contributed by atoms with van der Waals surface area (Å²) in [7, 11) is 2.54. The number of hydrogen-bond acceptors (Lipinski definition) is 0. The van der Waals surface area contributed by atoms with Crippen molar-refractivity contribution in [1.82, 2.24) is 5.73 Å². The van der Waals surface area contributed by atoms with Crippen LogP contribution in [0.4, 0.5) is 5.69 Å². The van der Waals surface area contributed by atoms with Crippen LogP contribution in [0.15, 0.2) is 24.3 Å². The molecule has 0 spiro atoms. The molecule has 1 atom stereocenters. The molecule has 2 heteroatoms. The van der Waals surface area contributed by atoms with Gasteiger partial charge in [-0.2, -0.15) is 0 Å². The lowest BCUT2D eigenvalue weighted by atomic mass is 10.3. The molecule has 0 saturated heterocycles. The van der Waals surface area contributed by atoms with E-state index < -0.39 is 0 Å². The first kappa shape index (κ1) is 5.58. The number of rotatable bonds is 0. The highest BCUT2D eigenvalue weighted by Gasteiger charge is 1.82. The minimum absolute atomic E-state index is 0.567. The van der Waals surface area contributed by atoms with Gasteiger partial charge in [-0.1, -0.05) is 12.1 Å². The summed E-state index contributed by atoms with van der Waals surface area (Å²) in [5.74, 6) is 0. The molecule has 0 fully saturated rings. The zero-order valence-corrected chi connectivity index (χ0v) is 5.54. The SMILES string of the molecule is [NH]c1cccc(P)c1. The molecule has 0 saturated carbocycles. The summed E-state index contributed by atoms with van der Waals surface area (Å²) >= 11 is 0. The smallest absolute Gasteiger partial charge is 0.0546 e. The van der Waals surface area contributed by atoms with E-state index in [9.17, 15) is 0 Å². The van der Waals surface area contributed by atoms with Gasteiger partial charge < -0.3 is 5.73 Å². The van der Waals surface area contributed by atoms with Crippen LogP contribution in [0.25, 0.3) is 0 Å². The summed E-state index contributed by atoms with van der Waals surface area (Å²) in [5.41, 5.74) is 7.69. The first-order valence-corrected chi connectivity index (χ1v) is 2.94. The largest absolute Gasteiger partial charge is 0.301 e.